The van der Waals surface area contributed by atoms with Gasteiger partial charge in [0, 0.05) is 17.1 Å². The molecule has 0 saturated carbocycles. The van der Waals surface area contributed by atoms with Gasteiger partial charge >= 0.3 is 0 Å². The van der Waals surface area contributed by atoms with Crippen molar-refractivity contribution < 1.29 is 4.74 Å². The summed E-state index contributed by atoms with van der Waals surface area (Å²) in [6, 6.07) is 4.03. The maximum atomic E-state index is 5.89. The average molecular weight is 273 g/mol. The smallest absolute Gasteiger partial charge is 0.195 e. The minimum atomic E-state index is 0.724. The standard InChI is InChI=1S/C14H15N3OS/c1-8-9(2)12(18-3)5-4-10(8)11-6-17-13(15)7-19-14(17)16-11/h4-7H,15H2,1-3H3. The summed E-state index contributed by atoms with van der Waals surface area (Å²) in [5, 5.41) is 1.90. The Morgan fingerprint density at radius 3 is 2.74 bits per heavy atom. The molecule has 5 heteroatoms. The van der Waals surface area contributed by atoms with Gasteiger partial charge in [0.25, 0.3) is 0 Å². The van der Waals surface area contributed by atoms with Crippen molar-refractivity contribution in [2.45, 2.75) is 13.8 Å². The van der Waals surface area contributed by atoms with Crippen LogP contribution in [-0.4, -0.2) is 16.5 Å². The molecule has 98 valence electrons. The van der Waals surface area contributed by atoms with Gasteiger partial charge in [-0.25, -0.2) is 4.98 Å². The molecule has 0 bridgehead atoms. The number of hydrogen-bond donors (Lipinski definition) is 1. The topological polar surface area (TPSA) is 52.5 Å². The van der Waals surface area contributed by atoms with Crippen LogP contribution in [0, 0.1) is 13.8 Å². The predicted octanol–water partition coefficient (Wildman–Crippen LogP) is 3.27. The van der Waals surface area contributed by atoms with Gasteiger partial charge in [-0.05, 0) is 37.1 Å². The van der Waals surface area contributed by atoms with Gasteiger partial charge in [0.1, 0.15) is 11.6 Å². The van der Waals surface area contributed by atoms with Crippen LogP contribution in [0.3, 0.4) is 0 Å². The Kier molecular flexibility index (Phi) is 2.71. The summed E-state index contributed by atoms with van der Waals surface area (Å²) < 4.78 is 7.25. The third-order valence-electron chi connectivity index (χ3n) is 3.47. The molecule has 0 saturated heterocycles. The lowest BCUT2D eigenvalue weighted by molar-refractivity contribution is 0.411. The molecule has 2 aromatic heterocycles. The van der Waals surface area contributed by atoms with Crippen LogP contribution in [-0.2, 0) is 0 Å². The number of nitrogens with zero attached hydrogens (tertiary/aromatic N) is 2. The monoisotopic (exact) mass is 273 g/mol. The number of nitrogens with two attached hydrogens (primary N) is 1. The van der Waals surface area contributed by atoms with E-state index in [9.17, 15) is 0 Å². The predicted molar refractivity (Wildman–Crippen MR) is 78.9 cm³/mol. The molecule has 0 radical (unpaired) electrons. The van der Waals surface area contributed by atoms with Gasteiger partial charge in [-0.2, -0.15) is 0 Å². The molecule has 0 atom stereocenters. The summed E-state index contributed by atoms with van der Waals surface area (Å²) in [6.07, 6.45) is 1.98. The van der Waals surface area contributed by atoms with Crippen molar-refractivity contribution in [1.29, 1.82) is 0 Å². The average Bonchev–Trinajstić information content (AvgIpc) is 2.95. The van der Waals surface area contributed by atoms with Gasteiger partial charge in [-0.15, -0.1) is 11.3 Å². The summed E-state index contributed by atoms with van der Waals surface area (Å²) >= 11 is 1.55. The van der Waals surface area contributed by atoms with E-state index in [1.165, 1.54) is 5.56 Å². The molecule has 1 aromatic carbocycles. The zero-order valence-corrected chi connectivity index (χ0v) is 11.9. The van der Waals surface area contributed by atoms with Crippen molar-refractivity contribution in [2.75, 3.05) is 12.8 Å². The number of rotatable bonds is 2. The van der Waals surface area contributed by atoms with Gasteiger partial charge in [-0.1, -0.05) is 0 Å². The number of aromatic nitrogens is 2. The summed E-state index contributed by atoms with van der Waals surface area (Å²) in [4.78, 5) is 5.54. The van der Waals surface area contributed by atoms with Crippen molar-refractivity contribution in [1.82, 2.24) is 9.38 Å². The summed E-state index contributed by atoms with van der Waals surface area (Å²) in [7, 11) is 1.69. The quantitative estimate of drug-likeness (QED) is 0.779. The fraction of sp³-hybridized carbons (Fsp3) is 0.214. The van der Waals surface area contributed by atoms with Crippen molar-refractivity contribution in [2.24, 2.45) is 0 Å². The number of thiazole rings is 1. The lowest BCUT2D eigenvalue weighted by Gasteiger charge is -2.10. The van der Waals surface area contributed by atoms with Crippen LogP contribution in [0.1, 0.15) is 11.1 Å². The number of fused-ring (bicyclic) bond motifs is 1. The van der Waals surface area contributed by atoms with Crippen LogP contribution < -0.4 is 10.5 Å². The third kappa shape index (κ3) is 1.77. The Hall–Kier alpha value is -2.01. The summed E-state index contributed by atoms with van der Waals surface area (Å²) in [5.41, 5.74) is 10.3. The Bertz CT molecular complexity index is 757. The zero-order valence-electron chi connectivity index (χ0n) is 11.1. The Morgan fingerprint density at radius 1 is 1.26 bits per heavy atom. The highest BCUT2D eigenvalue weighted by Crippen LogP contribution is 2.32. The first-order valence-corrected chi connectivity index (χ1v) is 6.86. The molecule has 0 amide bonds. The largest absolute Gasteiger partial charge is 0.496 e. The number of anilines is 1. The van der Waals surface area contributed by atoms with E-state index in [4.69, 9.17) is 10.5 Å². The fourth-order valence-electron chi connectivity index (χ4n) is 2.23. The number of hydrogen-bond acceptors (Lipinski definition) is 4. The molecule has 3 aromatic rings. The maximum absolute atomic E-state index is 5.89. The van der Waals surface area contributed by atoms with Gasteiger partial charge in [-0.3, -0.25) is 4.40 Å². The van der Waals surface area contributed by atoms with Crippen LogP contribution >= 0.6 is 11.3 Å². The molecule has 4 nitrogen and oxygen atoms in total. The van der Waals surface area contributed by atoms with E-state index >= 15 is 0 Å². The van der Waals surface area contributed by atoms with Gasteiger partial charge in [0.15, 0.2) is 4.96 Å². The molecular formula is C14H15N3OS. The van der Waals surface area contributed by atoms with Crippen molar-refractivity contribution in [3.05, 3.63) is 34.8 Å². The SMILES string of the molecule is COc1ccc(-c2cn3c(N)csc3n2)c(C)c1C. The van der Waals surface area contributed by atoms with Gasteiger partial charge in [0.05, 0.1) is 12.8 Å². The van der Waals surface area contributed by atoms with Crippen LogP contribution in [0.25, 0.3) is 16.2 Å². The van der Waals surface area contributed by atoms with Crippen LogP contribution in [0.15, 0.2) is 23.7 Å². The van der Waals surface area contributed by atoms with Crippen molar-refractivity contribution in [3.8, 4) is 17.0 Å². The Morgan fingerprint density at radius 2 is 2.05 bits per heavy atom. The zero-order chi connectivity index (χ0) is 13.6. The maximum Gasteiger partial charge on any atom is 0.195 e. The molecule has 0 aliphatic carbocycles. The molecular weight excluding hydrogens is 258 g/mol. The molecule has 19 heavy (non-hydrogen) atoms. The van der Waals surface area contributed by atoms with E-state index < -0.39 is 0 Å². The number of imidazole rings is 1. The first-order valence-electron chi connectivity index (χ1n) is 5.98. The second-order valence-electron chi connectivity index (χ2n) is 4.50. The Labute approximate surface area is 115 Å². The molecule has 0 spiro atoms. The highest BCUT2D eigenvalue weighted by molar-refractivity contribution is 7.15. The molecule has 3 rings (SSSR count). The summed E-state index contributed by atoms with van der Waals surface area (Å²) in [6.45, 7) is 4.15. The molecule has 2 N–H and O–H groups in total. The lowest BCUT2D eigenvalue weighted by atomic mass is 10.0. The van der Waals surface area contributed by atoms with Gasteiger partial charge in [0.2, 0.25) is 0 Å². The van der Waals surface area contributed by atoms with E-state index in [0.29, 0.717) is 0 Å². The highest BCUT2D eigenvalue weighted by Gasteiger charge is 2.12. The summed E-state index contributed by atoms with van der Waals surface area (Å²) in [5.74, 6) is 1.63. The second-order valence-corrected chi connectivity index (χ2v) is 5.34. The normalized spacial score (nSPS) is 11.1. The van der Waals surface area contributed by atoms with E-state index in [1.54, 1.807) is 18.4 Å². The van der Waals surface area contributed by atoms with E-state index in [0.717, 1.165) is 33.3 Å². The lowest BCUT2D eigenvalue weighted by Crippen LogP contribution is -1.93. The molecule has 0 aliphatic heterocycles. The van der Waals surface area contributed by atoms with Gasteiger partial charge < -0.3 is 10.5 Å². The fourth-order valence-corrected chi connectivity index (χ4v) is 2.99. The highest BCUT2D eigenvalue weighted by atomic mass is 32.1. The first kappa shape index (κ1) is 12.0. The van der Waals surface area contributed by atoms with Crippen molar-refractivity contribution >= 4 is 22.1 Å². The number of benzene rings is 1. The minimum Gasteiger partial charge on any atom is -0.496 e. The van der Waals surface area contributed by atoms with Crippen molar-refractivity contribution in [3.63, 3.8) is 0 Å². The van der Waals surface area contributed by atoms with Crippen LogP contribution in [0.5, 0.6) is 5.75 Å². The number of methoxy groups -OCH3 is 1. The van der Waals surface area contributed by atoms with E-state index in [1.807, 2.05) is 28.1 Å². The minimum absolute atomic E-state index is 0.724. The van der Waals surface area contributed by atoms with Crippen LogP contribution in [0.4, 0.5) is 5.82 Å². The number of nitrogen functional groups attached to an aromatic ring is 1. The molecule has 2 heterocycles. The second kappa shape index (κ2) is 4.28. The third-order valence-corrected chi connectivity index (χ3v) is 4.33. The van der Waals surface area contributed by atoms with Crippen LogP contribution in [0.2, 0.25) is 0 Å². The molecule has 0 fully saturated rings. The van der Waals surface area contributed by atoms with E-state index in [-0.39, 0.29) is 0 Å². The molecule has 0 aliphatic rings. The van der Waals surface area contributed by atoms with E-state index in [2.05, 4.69) is 18.8 Å². The molecule has 0 unspecified atom stereocenters. The first-order chi connectivity index (χ1) is 9.11. The Balaban J connectivity index is 2.18. The number of ether oxygens (including phenoxy) is 1.